The van der Waals surface area contributed by atoms with Gasteiger partial charge in [0, 0.05) is 25.6 Å². The van der Waals surface area contributed by atoms with E-state index in [1.165, 1.54) is 0 Å². The summed E-state index contributed by atoms with van der Waals surface area (Å²) in [5.74, 6) is 0.901. The summed E-state index contributed by atoms with van der Waals surface area (Å²) < 4.78 is 5.06. The van der Waals surface area contributed by atoms with E-state index >= 15 is 0 Å². The van der Waals surface area contributed by atoms with Gasteiger partial charge in [0.2, 0.25) is 0 Å². The van der Waals surface area contributed by atoms with Gasteiger partial charge < -0.3 is 15.0 Å². The number of imidazole rings is 1. The van der Waals surface area contributed by atoms with E-state index in [1.54, 1.807) is 7.11 Å². The molecular weight excluding hydrogens is 302 g/mol. The Kier molecular flexibility index (Phi) is 5.23. The molecule has 0 radical (unpaired) electrons. The summed E-state index contributed by atoms with van der Waals surface area (Å²) in [6, 6.07) is 15.4. The number of carbonyl (C=O) groups excluding carboxylic acids is 1. The topological polar surface area (TPSA) is 67.0 Å². The Hall–Kier alpha value is -2.66. The van der Waals surface area contributed by atoms with Crippen molar-refractivity contribution in [2.45, 2.75) is 19.4 Å². The highest BCUT2D eigenvalue weighted by Gasteiger charge is 2.06. The smallest absolute Gasteiger partial charge is 0.251 e. The Balaban J connectivity index is 1.46. The number of methoxy groups -OCH3 is 1. The number of nitrogens with one attached hydrogen (secondary N) is 2. The zero-order chi connectivity index (χ0) is 16.8. The lowest BCUT2D eigenvalue weighted by Gasteiger charge is -2.05. The van der Waals surface area contributed by atoms with Gasteiger partial charge in [-0.3, -0.25) is 4.79 Å². The predicted octanol–water partition coefficient (Wildman–Crippen LogP) is 3.07. The van der Waals surface area contributed by atoms with Crippen LogP contribution >= 0.6 is 0 Å². The fourth-order valence-electron chi connectivity index (χ4n) is 2.60. The standard InChI is InChI=1S/C19H21N3O2/c1-24-13-14-8-10-15(11-9-14)19(23)20-12-4-7-18-21-16-5-2-3-6-17(16)22-18/h2-3,5-6,8-11H,4,7,12-13H2,1H3,(H,20,23)(H,21,22). The number of benzene rings is 2. The minimum absolute atomic E-state index is 0.0522. The molecule has 3 aromatic rings. The maximum absolute atomic E-state index is 12.1. The van der Waals surface area contributed by atoms with Crippen molar-refractivity contribution >= 4 is 16.9 Å². The van der Waals surface area contributed by atoms with E-state index < -0.39 is 0 Å². The number of aryl methyl sites for hydroxylation is 1. The Morgan fingerprint density at radius 3 is 2.71 bits per heavy atom. The van der Waals surface area contributed by atoms with Gasteiger partial charge >= 0.3 is 0 Å². The SMILES string of the molecule is COCc1ccc(C(=O)NCCCc2nc3ccccc3[nH]2)cc1. The van der Waals surface area contributed by atoms with Crippen molar-refractivity contribution in [2.24, 2.45) is 0 Å². The predicted molar refractivity (Wildman–Crippen MR) is 93.9 cm³/mol. The Morgan fingerprint density at radius 1 is 1.17 bits per heavy atom. The van der Waals surface area contributed by atoms with Crippen LogP contribution in [-0.2, 0) is 17.8 Å². The van der Waals surface area contributed by atoms with Gasteiger partial charge in [-0.2, -0.15) is 0 Å². The maximum Gasteiger partial charge on any atom is 0.251 e. The molecule has 5 nitrogen and oxygen atoms in total. The first-order valence-corrected chi connectivity index (χ1v) is 8.06. The minimum atomic E-state index is -0.0522. The monoisotopic (exact) mass is 323 g/mol. The number of aromatic nitrogens is 2. The average Bonchev–Trinajstić information content (AvgIpc) is 3.02. The van der Waals surface area contributed by atoms with Gasteiger partial charge in [-0.05, 0) is 36.2 Å². The van der Waals surface area contributed by atoms with Crippen LogP contribution in [0.5, 0.6) is 0 Å². The molecule has 0 atom stereocenters. The molecule has 124 valence electrons. The van der Waals surface area contributed by atoms with Crippen LogP contribution in [-0.4, -0.2) is 29.5 Å². The zero-order valence-corrected chi connectivity index (χ0v) is 13.7. The molecule has 1 amide bonds. The third kappa shape index (κ3) is 4.00. The summed E-state index contributed by atoms with van der Waals surface area (Å²) in [5, 5.41) is 2.94. The first-order valence-electron chi connectivity index (χ1n) is 8.06. The van der Waals surface area contributed by atoms with Crippen LogP contribution in [0, 0.1) is 0 Å². The number of aromatic amines is 1. The van der Waals surface area contributed by atoms with Crippen LogP contribution in [0.25, 0.3) is 11.0 Å². The summed E-state index contributed by atoms with van der Waals surface area (Å²) in [6.07, 6.45) is 1.65. The van der Waals surface area contributed by atoms with Crippen molar-refractivity contribution in [3.63, 3.8) is 0 Å². The normalized spacial score (nSPS) is 10.9. The Morgan fingerprint density at radius 2 is 1.96 bits per heavy atom. The van der Waals surface area contributed by atoms with E-state index in [4.69, 9.17) is 4.74 Å². The van der Waals surface area contributed by atoms with Gasteiger partial charge in [-0.1, -0.05) is 24.3 Å². The lowest BCUT2D eigenvalue weighted by Crippen LogP contribution is -2.24. The van der Waals surface area contributed by atoms with Gasteiger partial charge in [0.15, 0.2) is 0 Å². The largest absolute Gasteiger partial charge is 0.380 e. The van der Waals surface area contributed by atoms with E-state index in [9.17, 15) is 4.79 Å². The first kappa shape index (κ1) is 16.2. The van der Waals surface area contributed by atoms with Crippen LogP contribution in [0.2, 0.25) is 0 Å². The molecule has 2 N–H and O–H groups in total. The van der Waals surface area contributed by atoms with Gasteiger partial charge in [0.25, 0.3) is 5.91 Å². The third-order valence-electron chi connectivity index (χ3n) is 3.84. The van der Waals surface area contributed by atoms with Crippen molar-refractivity contribution in [2.75, 3.05) is 13.7 Å². The number of rotatable bonds is 7. The van der Waals surface area contributed by atoms with E-state index in [2.05, 4.69) is 15.3 Å². The van der Waals surface area contributed by atoms with E-state index in [-0.39, 0.29) is 5.91 Å². The number of fused-ring (bicyclic) bond motifs is 1. The maximum atomic E-state index is 12.1. The molecule has 1 heterocycles. The van der Waals surface area contributed by atoms with Gasteiger partial charge in [0.1, 0.15) is 5.82 Å². The second-order valence-electron chi connectivity index (χ2n) is 5.69. The Labute approximate surface area is 141 Å². The fourth-order valence-corrected chi connectivity index (χ4v) is 2.60. The second-order valence-corrected chi connectivity index (χ2v) is 5.69. The summed E-state index contributed by atoms with van der Waals surface area (Å²) >= 11 is 0. The molecule has 0 saturated carbocycles. The molecule has 0 aliphatic heterocycles. The summed E-state index contributed by atoms with van der Waals surface area (Å²) in [7, 11) is 1.66. The van der Waals surface area contributed by atoms with Gasteiger partial charge in [-0.25, -0.2) is 4.98 Å². The van der Waals surface area contributed by atoms with Gasteiger partial charge in [0.05, 0.1) is 17.6 Å². The molecule has 0 aliphatic carbocycles. The quantitative estimate of drug-likeness (QED) is 0.657. The van der Waals surface area contributed by atoms with E-state index in [1.807, 2.05) is 48.5 Å². The van der Waals surface area contributed by atoms with E-state index in [0.29, 0.717) is 18.7 Å². The number of ether oxygens (including phenoxy) is 1. The number of nitrogens with zero attached hydrogens (tertiary/aromatic N) is 1. The summed E-state index contributed by atoms with van der Waals surface area (Å²) in [5.41, 5.74) is 3.75. The number of hydrogen-bond acceptors (Lipinski definition) is 3. The minimum Gasteiger partial charge on any atom is -0.380 e. The molecule has 24 heavy (non-hydrogen) atoms. The number of hydrogen-bond donors (Lipinski definition) is 2. The molecule has 0 spiro atoms. The third-order valence-corrected chi connectivity index (χ3v) is 3.84. The number of para-hydroxylation sites is 2. The van der Waals surface area contributed by atoms with Crippen molar-refractivity contribution in [1.82, 2.24) is 15.3 Å². The Bertz CT molecular complexity index is 776. The average molecular weight is 323 g/mol. The van der Waals surface area contributed by atoms with Crippen LogP contribution in [0.4, 0.5) is 0 Å². The summed E-state index contributed by atoms with van der Waals surface area (Å²) in [4.78, 5) is 19.9. The number of amides is 1. The molecule has 2 aromatic carbocycles. The van der Waals surface area contributed by atoms with Crippen molar-refractivity contribution < 1.29 is 9.53 Å². The van der Waals surface area contributed by atoms with Crippen molar-refractivity contribution in [3.05, 3.63) is 65.5 Å². The van der Waals surface area contributed by atoms with Gasteiger partial charge in [-0.15, -0.1) is 0 Å². The van der Waals surface area contributed by atoms with Crippen LogP contribution in [0.3, 0.4) is 0 Å². The molecule has 0 saturated heterocycles. The molecule has 1 aromatic heterocycles. The highest BCUT2D eigenvalue weighted by Crippen LogP contribution is 2.11. The fraction of sp³-hybridized carbons (Fsp3) is 0.263. The highest BCUT2D eigenvalue weighted by atomic mass is 16.5. The lowest BCUT2D eigenvalue weighted by atomic mass is 10.1. The number of H-pyrrole nitrogens is 1. The van der Waals surface area contributed by atoms with Crippen LogP contribution < -0.4 is 5.32 Å². The highest BCUT2D eigenvalue weighted by molar-refractivity contribution is 5.94. The zero-order valence-electron chi connectivity index (χ0n) is 13.7. The van der Waals surface area contributed by atoms with Crippen LogP contribution in [0.15, 0.2) is 48.5 Å². The van der Waals surface area contributed by atoms with E-state index in [0.717, 1.165) is 35.3 Å². The summed E-state index contributed by atoms with van der Waals surface area (Å²) in [6.45, 7) is 1.18. The molecule has 0 fully saturated rings. The molecule has 0 bridgehead atoms. The molecule has 0 aliphatic rings. The molecule has 5 heteroatoms. The molecule has 3 rings (SSSR count). The first-order chi connectivity index (χ1) is 11.8. The lowest BCUT2D eigenvalue weighted by molar-refractivity contribution is 0.0953. The molecule has 0 unspecified atom stereocenters. The molecular formula is C19H21N3O2. The number of carbonyl (C=O) groups is 1. The van der Waals surface area contributed by atoms with Crippen LogP contribution in [0.1, 0.15) is 28.2 Å². The van der Waals surface area contributed by atoms with Crippen molar-refractivity contribution in [1.29, 1.82) is 0 Å². The van der Waals surface area contributed by atoms with Crippen molar-refractivity contribution in [3.8, 4) is 0 Å². The second kappa shape index (κ2) is 7.75.